The van der Waals surface area contributed by atoms with Crippen molar-refractivity contribution in [1.29, 1.82) is 0 Å². The number of H-pyrrole nitrogens is 1. The van der Waals surface area contributed by atoms with E-state index >= 15 is 0 Å². The first-order chi connectivity index (χ1) is 9.33. The number of hydrogen-bond donors (Lipinski definition) is 1. The van der Waals surface area contributed by atoms with Crippen molar-refractivity contribution in [3.8, 4) is 11.1 Å². The molecule has 2 aromatic heterocycles. The van der Waals surface area contributed by atoms with Crippen molar-refractivity contribution >= 4 is 16.6 Å². The first-order valence-electron chi connectivity index (χ1n) is 6.42. The lowest BCUT2D eigenvalue weighted by Crippen LogP contribution is -1.86. The number of aromatic amines is 1. The van der Waals surface area contributed by atoms with Crippen LogP contribution in [0.3, 0.4) is 0 Å². The van der Waals surface area contributed by atoms with Crippen LogP contribution < -0.4 is 0 Å². The lowest BCUT2D eigenvalue weighted by atomic mass is 9.98. The molecule has 3 aromatic rings. The summed E-state index contributed by atoms with van der Waals surface area (Å²) in [6.07, 6.45) is 5.85. The summed E-state index contributed by atoms with van der Waals surface area (Å²) >= 11 is 0. The predicted molar refractivity (Wildman–Crippen MR) is 76.7 cm³/mol. The molecule has 0 atom stereocenters. The maximum Gasteiger partial charge on any atom is 0.155 e. The van der Waals surface area contributed by atoms with Gasteiger partial charge in [-0.15, -0.1) is 0 Å². The highest BCUT2D eigenvalue weighted by Gasteiger charge is 2.16. The Morgan fingerprint density at radius 3 is 3.00 bits per heavy atom. The van der Waals surface area contributed by atoms with Crippen LogP contribution in [-0.2, 0) is 6.42 Å². The molecule has 0 saturated carbocycles. The number of rotatable bonds is 1. The maximum atomic E-state index is 4.28. The molecule has 1 aromatic carbocycles. The van der Waals surface area contributed by atoms with Crippen molar-refractivity contribution < 1.29 is 0 Å². The van der Waals surface area contributed by atoms with Crippen molar-refractivity contribution in [2.24, 2.45) is 0 Å². The van der Waals surface area contributed by atoms with Gasteiger partial charge < -0.3 is 0 Å². The minimum Gasteiger partial charge on any atom is -0.261 e. The van der Waals surface area contributed by atoms with E-state index in [1.165, 1.54) is 27.8 Å². The topological polar surface area (TPSA) is 41.6 Å². The molecular weight excluding hydrogens is 234 g/mol. The minimum atomic E-state index is 0.830. The Morgan fingerprint density at radius 2 is 2.05 bits per heavy atom. The van der Waals surface area contributed by atoms with E-state index in [0.29, 0.717) is 0 Å². The van der Waals surface area contributed by atoms with E-state index in [9.17, 15) is 0 Å². The van der Waals surface area contributed by atoms with Gasteiger partial charge in [-0.1, -0.05) is 18.7 Å². The third kappa shape index (κ3) is 1.51. The molecule has 0 bridgehead atoms. The third-order valence-corrected chi connectivity index (χ3v) is 3.85. The fraction of sp³-hybridized carbons (Fsp3) is 0.125. The largest absolute Gasteiger partial charge is 0.261 e. The summed E-state index contributed by atoms with van der Waals surface area (Å²) in [5.41, 5.74) is 7.17. The van der Waals surface area contributed by atoms with Gasteiger partial charge in [0.25, 0.3) is 0 Å². The lowest BCUT2D eigenvalue weighted by Gasteiger charge is -2.06. The molecule has 0 radical (unpaired) electrons. The van der Waals surface area contributed by atoms with Gasteiger partial charge in [0.1, 0.15) is 0 Å². The molecule has 92 valence electrons. The molecule has 0 fully saturated rings. The molecular formula is C16H13N3. The standard InChI is InChI=1S/C16H13N3/c1-10-2-3-11-4-5-12(8-14(10)11)13-6-7-17-16-15(13)9-18-19-16/h4-9H,1-3H2,(H,17,18,19). The summed E-state index contributed by atoms with van der Waals surface area (Å²) in [7, 11) is 0. The van der Waals surface area contributed by atoms with Crippen LogP contribution in [0.1, 0.15) is 17.5 Å². The van der Waals surface area contributed by atoms with E-state index in [1.54, 1.807) is 0 Å². The van der Waals surface area contributed by atoms with Gasteiger partial charge in [-0.25, -0.2) is 4.98 Å². The lowest BCUT2D eigenvalue weighted by molar-refractivity contribution is 1.08. The van der Waals surface area contributed by atoms with Crippen LogP contribution in [0.5, 0.6) is 0 Å². The molecule has 1 aliphatic rings. The third-order valence-electron chi connectivity index (χ3n) is 3.85. The highest BCUT2D eigenvalue weighted by atomic mass is 15.1. The molecule has 1 aliphatic carbocycles. The number of aromatic nitrogens is 3. The Hall–Kier alpha value is -2.42. The van der Waals surface area contributed by atoms with Gasteiger partial charge in [-0.05, 0) is 52.8 Å². The fourth-order valence-corrected chi connectivity index (χ4v) is 2.81. The van der Waals surface area contributed by atoms with Crippen LogP contribution in [0.25, 0.3) is 27.7 Å². The number of nitrogens with zero attached hydrogens (tertiary/aromatic N) is 2. The first kappa shape index (κ1) is 10.5. The molecule has 3 heteroatoms. The van der Waals surface area contributed by atoms with Gasteiger partial charge in [0.2, 0.25) is 0 Å². The van der Waals surface area contributed by atoms with Crippen LogP contribution in [0, 0.1) is 0 Å². The number of allylic oxidation sites excluding steroid dienone is 1. The molecule has 0 unspecified atom stereocenters. The Morgan fingerprint density at radius 1 is 1.11 bits per heavy atom. The SMILES string of the molecule is C=C1CCc2ccc(-c3ccnc4[nH]ncc34)cc21. The summed E-state index contributed by atoms with van der Waals surface area (Å²) < 4.78 is 0. The average Bonchev–Trinajstić information content (AvgIpc) is 3.05. The summed E-state index contributed by atoms with van der Waals surface area (Å²) in [5.74, 6) is 0. The normalized spacial score (nSPS) is 14.0. The van der Waals surface area contributed by atoms with Gasteiger partial charge in [0, 0.05) is 11.6 Å². The van der Waals surface area contributed by atoms with Crippen molar-refractivity contribution in [2.75, 3.05) is 0 Å². The smallest absolute Gasteiger partial charge is 0.155 e. The molecule has 0 aliphatic heterocycles. The second-order valence-corrected chi connectivity index (χ2v) is 4.97. The summed E-state index contributed by atoms with van der Waals surface area (Å²) in [6.45, 7) is 4.15. The fourth-order valence-electron chi connectivity index (χ4n) is 2.81. The summed E-state index contributed by atoms with van der Waals surface area (Å²) in [4.78, 5) is 4.28. The summed E-state index contributed by atoms with van der Waals surface area (Å²) in [6, 6.07) is 8.68. The molecule has 2 heterocycles. The van der Waals surface area contributed by atoms with Gasteiger partial charge >= 0.3 is 0 Å². The monoisotopic (exact) mass is 247 g/mol. The number of aryl methyl sites for hydroxylation is 1. The number of pyridine rings is 1. The highest BCUT2D eigenvalue weighted by Crippen LogP contribution is 2.35. The Balaban J connectivity index is 1.96. The van der Waals surface area contributed by atoms with Gasteiger partial charge in [-0.3, -0.25) is 5.10 Å². The average molecular weight is 247 g/mol. The quantitative estimate of drug-likeness (QED) is 0.714. The highest BCUT2D eigenvalue weighted by molar-refractivity contribution is 5.93. The zero-order valence-corrected chi connectivity index (χ0v) is 10.5. The minimum absolute atomic E-state index is 0.830. The van der Waals surface area contributed by atoms with Crippen molar-refractivity contribution in [3.05, 3.63) is 54.4 Å². The van der Waals surface area contributed by atoms with E-state index in [2.05, 4.69) is 40.0 Å². The van der Waals surface area contributed by atoms with Gasteiger partial charge in [0.15, 0.2) is 5.65 Å². The van der Waals surface area contributed by atoms with Crippen molar-refractivity contribution in [1.82, 2.24) is 15.2 Å². The Labute approximate surface area is 111 Å². The Bertz CT molecular complexity index is 799. The van der Waals surface area contributed by atoms with E-state index in [4.69, 9.17) is 0 Å². The maximum absolute atomic E-state index is 4.28. The second-order valence-electron chi connectivity index (χ2n) is 4.97. The van der Waals surface area contributed by atoms with Gasteiger partial charge in [0.05, 0.1) is 6.20 Å². The van der Waals surface area contributed by atoms with Crippen molar-refractivity contribution in [2.45, 2.75) is 12.8 Å². The van der Waals surface area contributed by atoms with Crippen LogP contribution >= 0.6 is 0 Å². The van der Waals surface area contributed by atoms with Crippen LogP contribution in [0.2, 0.25) is 0 Å². The number of nitrogens with one attached hydrogen (secondary N) is 1. The van der Waals surface area contributed by atoms with Crippen molar-refractivity contribution in [3.63, 3.8) is 0 Å². The number of benzene rings is 1. The van der Waals surface area contributed by atoms with E-state index in [-0.39, 0.29) is 0 Å². The first-order valence-corrected chi connectivity index (χ1v) is 6.42. The zero-order valence-electron chi connectivity index (χ0n) is 10.5. The molecule has 3 nitrogen and oxygen atoms in total. The number of hydrogen-bond acceptors (Lipinski definition) is 2. The molecule has 19 heavy (non-hydrogen) atoms. The number of fused-ring (bicyclic) bond motifs is 2. The van der Waals surface area contributed by atoms with E-state index < -0.39 is 0 Å². The van der Waals surface area contributed by atoms with Crippen LogP contribution in [-0.4, -0.2) is 15.2 Å². The van der Waals surface area contributed by atoms with Crippen LogP contribution in [0.15, 0.2) is 43.2 Å². The van der Waals surface area contributed by atoms with E-state index in [0.717, 1.165) is 23.9 Å². The summed E-state index contributed by atoms with van der Waals surface area (Å²) in [5, 5.41) is 8.04. The molecule has 0 amide bonds. The zero-order chi connectivity index (χ0) is 12.8. The van der Waals surface area contributed by atoms with E-state index in [1.807, 2.05) is 18.5 Å². The van der Waals surface area contributed by atoms with Gasteiger partial charge in [-0.2, -0.15) is 5.10 Å². The second kappa shape index (κ2) is 3.79. The molecule has 0 saturated heterocycles. The molecule has 1 N–H and O–H groups in total. The molecule has 0 spiro atoms. The Kier molecular flexibility index (Phi) is 2.09. The predicted octanol–water partition coefficient (Wildman–Crippen LogP) is 3.58. The molecule has 4 rings (SSSR count). The van der Waals surface area contributed by atoms with Crippen LogP contribution in [0.4, 0.5) is 0 Å².